The van der Waals surface area contributed by atoms with Gasteiger partial charge in [0.05, 0.1) is 18.8 Å². The summed E-state index contributed by atoms with van der Waals surface area (Å²) in [5.74, 6) is 0.654. The number of rotatable bonds is 8. The van der Waals surface area contributed by atoms with Gasteiger partial charge in [-0.2, -0.15) is 11.3 Å². The number of thiophene rings is 1. The molecule has 1 aliphatic rings. The maximum absolute atomic E-state index is 9.95. The van der Waals surface area contributed by atoms with Gasteiger partial charge in [-0.15, -0.1) is 0 Å². The number of nitrogens with one attached hydrogen (secondary N) is 1. The van der Waals surface area contributed by atoms with Crippen molar-refractivity contribution in [2.75, 3.05) is 11.9 Å². The molecule has 1 aliphatic heterocycles. The lowest BCUT2D eigenvalue weighted by molar-refractivity contribution is -0.184. The van der Waals surface area contributed by atoms with Crippen molar-refractivity contribution in [3.8, 4) is 16.9 Å². The molecule has 5 nitrogen and oxygen atoms in total. The van der Waals surface area contributed by atoms with Crippen LogP contribution in [-0.2, 0) is 11.2 Å². The maximum atomic E-state index is 9.95. The lowest BCUT2D eigenvalue weighted by atomic mass is 10.0. The summed E-state index contributed by atoms with van der Waals surface area (Å²) in [5.41, 5.74) is 5.89. The molecule has 0 aliphatic carbocycles. The van der Waals surface area contributed by atoms with Crippen LogP contribution < -0.4 is 10.1 Å². The third-order valence-electron chi connectivity index (χ3n) is 5.43. The Kier molecular flexibility index (Phi) is 10.2. The molecule has 0 spiro atoms. The summed E-state index contributed by atoms with van der Waals surface area (Å²) in [5, 5.41) is 26.9. The van der Waals surface area contributed by atoms with Crippen LogP contribution >= 0.6 is 11.3 Å². The molecule has 3 N–H and O–H groups in total. The summed E-state index contributed by atoms with van der Waals surface area (Å²) < 4.78 is 11.6. The number of allylic oxidation sites excluding steroid dienone is 1. The molecule has 3 aromatic rings. The third kappa shape index (κ3) is 7.71. The van der Waals surface area contributed by atoms with Gasteiger partial charge >= 0.3 is 0 Å². The van der Waals surface area contributed by atoms with Crippen LogP contribution in [0.15, 0.2) is 77.1 Å². The van der Waals surface area contributed by atoms with Gasteiger partial charge in [-0.1, -0.05) is 49.8 Å². The SMILES string of the molecule is C/C(=C\Nc1cccc(OC2C[C@@H](O)CC(CO)O2)c1)Cc1ccc(-c2ccsc2)cc1.CC. The van der Waals surface area contributed by atoms with Gasteiger partial charge in [-0.05, 0) is 59.0 Å². The van der Waals surface area contributed by atoms with E-state index in [2.05, 4.69) is 53.3 Å². The Morgan fingerprint density at radius 2 is 1.91 bits per heavy atom. The Morgan fingerprint density at radius 1 is 1.12 bits per heavy atom. The molecule has 0 bridgehead atoms. The Balaban J connectivity index is 0.00000158. The molecule has 1 fully saturated rings. The molecule has 182 valence electrons. The van der Waals surface area contributed by atoms with Crippen LogP contribution in [0.4, 0.5) is 5.69 Å². The number of anilines is 1. The van der Waals surface area contributed by atoms with Crippen LogP contribution in [-0.4, -0.2) is 35.3 Å². The summed E-state index contributed by atoms with van der Waals surface area (Å²) in [7, 11) is 0. The third-order valence-corrected chi connectivity index (χ3v) is 6.11. The van der Waals surface area contributed by atoms with E-state index in [1.165, 1.54) is 22.3 Å². The Morgan fingerprint density at radius 3 is 2.62 bits per heavy atom. The Labute approximate surface area is 206 Å². The summed E-state index contributed by atoms with van der Waals surface area (Å²) in [6, 6.07) is 18.5. The van der Waals surface area contributed by atoms with E-state index in [1.54, 1.807) is 11.3 Å². The topological polar surface area (TPSA) is 71.0 Å². The van der Waals surface area contributed by atoms with Crippen molar-refractivity contribution >= 4 is 17.0 Å². The quantitative estimate of drug-likeness (QED) is 0.355. The summed E-state index contributed by atoms with van der Waals surface area (Å²) in [4.78, 5) is 0. The zero-order valence-corrected chi connectivity index (χ0v) is 20.9. The van der Waals surface area contributed by atoms with Crippen molar-refractivity contribution in [1.29, 1.82) is 0 Å². The fraction of sp³-hybridized carbons (Fsp3) is 0.357. The van der Waals surface area contributed by atoms with Crippen molar-refractivity contribution in [2.45, 2.75) is 58.5 Å². The van der Waals surface area contributed by atoms with Crippen LogP contribution in [0.3, 0.4) is 0 Å². The van der Waals surface area contributed by atoms with Crippen molar-refractivity contribution in [2.24, 2.45) is 0 Å². The highest BCUT2D eigenvalue weighted by atomic mass is 32.1. The van der Waals surface area contributed by atoms with Crippen molar-refractivity contribution < 1.29 is 19.7 Å². The number of ether oxygens (including phenoxy) is 2. The largest absolute Gasteiger partial charge is 0.465 e. The number of aliphatic hydroxyl groups excluding tert-OH is 2. The highest BCUT2D eigenvalue weighted by Gasteiger charge is 2.29. The first-order valence-corrected chi connectivity index (χ1v) is 12.8. The highest BCUT2D eigenvalue weighted by molar-refractivity contribution is 7.08. The predicted molar refractivity (Wildman–Crippen MR) is 140 cm³/mol. The molecule has 1 aromatic heterocycles. The first-order valence-electron chi connectivity index (χ1n) is 11.8. The second kappa shape index (κ2) is 13.3. The molecule has 3 atom stereocenters. The number of hydrogen-bond acceptors (Lipinski definition) is 6. The lowest BCUT2D eigenvalue weighted by Gasteiger charge is -2.32. The molecule has 2 unspecified atom stereocenters. The zero-order valence-electron chi connectivity index (χ0n) is 20.1. The van der Waals surface area contributed by atoms with E-state index in [-0.39, 0.29) is 6.61 Å². The predicted octanol–water partition coefficient (Wildman–Crippen LogP) is 6.24. The summed E-state index contributed by atoms with van der Waals surface area (Å²) in [6.45, 7) is 5.98. The monoisotopic (exact) mass is 481 g/mol. The van der Waals surface area contributed by atoms with Gasteiger partial charge in [-0.3, -0.25) is 0 Å². The van der Waals surface area contributed by atoms with E-state index in [4.69, 9.17) is 9.47 Å². The van der Waals surface area contributed by atoms with Crippen LogP contribution in [0.5, 0.6) is 5.75 Å². The Bertz CT molecular complexity index is 1020. The van der Waals surface area contributed by atoms with E-state index < -0.39 is 18.5 Å². The molecule has 2 heterocycles. The fourth-order valence-electron chi connectivity index (χ4n) is 3.78. The van der Waals surface area contributed by atoms with Gasteiger partial charge in [-0.25, -0.2) is 0 Å². The Hall–Kier alpha value is -2.64. The summed E-state index contributed by atoms with van der Waals surface area (Å²) in [6.07, 6.45) is 2.20. The molecular weight excluding hydrogens is 446 g/mol. The normalized spacial score (nSPS) is 20.3. The van der Waals surface area contributed by atoms with Gasteiger partial charge in [0.1, 0.15) is 5.75 Å². The second-order valence-corrected chi connectivity index (χ2v) is 8.94. The van der Waals surface area contributed by atoms with Crippen LogP contribution in [0.25, 0.3) is 11.1 Å². The van der Waals surface area contributed by atoms with E-state index in [9.17, 15) is 10.2 Å². The minimum Gasteiger partial charge on any atom is -0.465 e. The molecular formula is C28H35NO4S. The molecule has 2 aromatic carbocycles. The standard InChI is InChI=1S/C26H29NO4S.C2H6/c1-18(11-19-5-7-20(8-6-19)21-9-10-32-17-21)15-27-22-3-2-4-24(12-22)30-26-14-23(29)13-25(16-28)31-26;1-2/h2-10,12,15,17,23,25-29H,11,13-14,16H2,1H3;1-2H3/b18-15+;/t23-,25?,26?;/m0./s1. The average Bonchev–Trinajstić information content (AvgIpc) is 3.39. The number of aliphatic hydroxyl groups is 2. The molecule has 1 saturated heterocycles. The molecule has 0 radical (unpaired) electrons. The molecule has 0 saturated carbocycles. The van der Waals surface area contributed by atoms with Gasteiger partial charge in [0.15, 0.2) is 0 Å². The van der Waals surface area contributed by atoms with E-state index in [0.717, 1.165) is 12.1 Å². The number of hydrogen-bond donors (Lipinski definition) is 3. The van der Waals surface area contributed by atoms with Crippen LogP contribution in [0, 0.1) is 0 Å². The van der Waals surface area contributed by atoms with E-state index in [0.29, 0.717) is 18.6 Å². The molecule has 6 heteroatoms. The van der Waals surface area contributed by atoms with Gasteiger partial charge in [0, 0.05) is 30.8 Å². The lowest BCUT2D eigenvalue weighted by Crippen LogP contribution is -2.40. The maximum Gasteiger partial charge on any atom is 0.202 e. The minimum atomic E-state index is -0.569. The first-order chi connectivity index (χ1) is 16.6. The van der Waals surface area contributed by atoms with Crippen molar-refractivity contribution in [3.05, 3.63) is 82.7 Å². The molecule has 0 amide bonds. The van der Waals surface area contributed by atoms with Crippen molar-refractivity contribution in [3.63, 3.8) is 0 Å². The average molecular weight is 482 g/mol. The van der Waals surface area contributed by atoms with Crippen LogP contribution in [0.2, 0.25) is 0 Å². The first kappa shape index (κ1) is 26.0. The van der Waals surface area contributed by atoms with Crippen LogP contribution in [0.1, 0.15) is 39.2 Å². The smallest absolute Gasteiger partial charge is 0.202 e. The van der Waals surface area contributed by atoms with E-state index in [1.807, 2.05) is 44.3 Å². The summed E-state index contributed by atoms with van der Waals surface area (Å²) >= 11 is 1.71. The second-order valence-electron chi connectivity index (χ2n) is 8.16. The van der Waals surface area contributed by atoms with Gasteiger partial charge in [0.2, 0.25) is 6.29 Å². The minimum absolute atomic E-state index is 0.126. The number of benzene rings is 2. The fourth-order valence-corrected chi connectivity index (χ4v) is 4.44. The van der Waals surface area contributed by atoms with Gasteiger partial charge < -0.3 is 25.0 Å². The van der Waals surface area contributed by atoms with Gasteiger partial charge in [0.25, 0.3) is 0 Å². The van der Waals surface area contributed by atoms with Crippen molar-refractivity contribution in [1.82, 2.24) is 0 Å². The molecule has 34 heavy (non-hydrogen) atoms. The van der Waals surface area contributed by atoms with E-state index >= 15 is 0 Å². The molecule has 4 rings (SSSR count). The highest BCUT2D eigenvalue weighted by Crippen LogP contribution is 2.26. The zero-order chi connectivity index (χ0) is 24.3.